The van der Waals surface area contributed by atoms with Crippen LogP contribution in [0.4, 0.5) is 11.4 Å². The van der Waals surface area contributed by atoms with E-state index in [4.69, 9.17) is 18.9 Å². The fourth-order valence-electron chi connectivity index (χ4n) is 8.60. The maximum Gasteiger partial charge on any atom is 0.264 e. The van der Waals surface area contributed by atoms with Gasteiger partial charge in [0.25, 0.3) is 11.8 Å². The first-order chi connectivity index (χ1) is 27.0. The van der Waals surface area contributed by atoms with Crippen molar-refractivity contribution in [2.45, 2.75) is 63.2 Å². The van der Waals surface area contributed by atoms with E-state index >= 15 is 4.79 Å². The molecule has 5 aromatic rings. The number of carbonyl (C=O) groups excluding carboxylic acids is 2. The average Bonchev–Trinajstić information content (AvgIpc) is 3.87. The highest BCUT2D eigenvalue weighted by Crippen LogP contribution is 2.60. The highest BCUT2D eigenvalue weighted by molar-refractivity contribution is 6.91. The molecule has 2 N–H and O–H groups in total. The Labute approximate surface area is 328 Å². The molecule has 1 fully saturated rings. The number of aliphatic hydroxyl groups is 1. The molecule has 0 saturated carbocycles. The van der Waals surface area contributed by atoms with Gasteiger partial charge in [0.15, 0.2) is 5.60 Å². The van der Waals surface area contributed by atoms with Gasteiger partial charge in [0.1, 0.15) is 17.2 Å². The van der Waals surface area contributed by atoms with Crippen LogP contribution >= 0.6 is 0 Å². The molecule has 0 unspecified atom stereocenters. The van der Waals surface area contributed by atoms with Gasteiger partial charge in [-0.25, -0.2) is 0 Å². The lowest BCUT2D eigenvalue weighted by atomic mass is 9.82. The van der Waals surface area contributed by atoms with Crippen LogP contribution in [0.5, 0.6) is 17.2 Å². The third-order valence-electron chi connectivity index (χ3n) is 11.5. The summed E-state index contributed by atoms with van der Waals surface area (Å²) in [6.07, 6.45) is 2.63. The Morgan fingerprint density at radius 2 is 1.55 bits per heavy atom. The molecule has 12 nitrogen and oxygen atoms in total. The zero-order chi connectivity index (χ0) is 39.6. The van der Waals surface area contributed by atoms with Crippen LogP contribution in [0.3, 0.4) is 0 Å². The number of aliphatic hydroxyl groups excluding tert-OH is 1. The summed E-state index contributed by atoms with van der Waals surface area (Å²) in [5.41, 5.74) is 3.15. The molecule has 2 aliphatic heterocycles. The number of methoxy groups -OCH3 is 3. The molecular formula is C43H49N5O7Si. The summed E-state index contributed by atoms with van der Waals surface area (Å²) in [6, 6.07) is 28.6. The second-order valence-corrected chi connectivity index (χ2v) is 19.7. The number of aromatic nitrogens is 3. The van der Waals surface area contributed by atoms with Gasteiger partial charge in [0.2, 0.25) is 0 Å². The van der Waals surface area contributed by atoms with Crippen molar-refractivity contribution >= 4 is 36.4 Å². The summed E-state index contributed by atoms with van der Waals surface area (Å²) in [5, 5.41) is 22.2. The van der Waals surface area contributed by atoms with Gasteiger partial charge in [-0.3, -0.25) is 14.3 Å². The van der Waals surface area contributed by atoms with Crippen LogP contribution in [-0.2, 0) is 34.6 Å². The van der Waals surface area contributed by atoms with E-state index in [1.807, 2.05) is 65.7 Å². The topological polar surface area (TPSA) is 137 Å². The van der Waals surface area contributed by atoms with E-state index < -0.39 is 13.7 Å². The summed E-state index contributed by atoms with van der Waals surface area (Å²) in [4.78, 5) is 30.0. The van der Waals surface area contributed by atoms with Crippen LogP contribution < -0.4 is 29.6 Å². The molecule has 0 bridgehead atoms. The van der Waals surface area contributed by atoms with E-state index in [-0.39, 0.29) is 36.0 Å². The molecule has 3 heterocycles. The third-order valence-corrected chi connectivity index (χ3v) is 15.9. The first-order valence-electron chi connectivity index (χ1n) is 18.9. The van der Waals surface area contributed by atoms with E-state index in [2.05, 4.69) is 47.8 Å². The van der Waals surface area contributed by atoms with Gasteiger partial charge in [0, 0.05) is 48.5 Å². The minimum Gasteiger partial charge on any atom is -0.497 e. The van der Waals surface area contributed by atoms with Crippen LogP contribution in [0.25, 0.3) is 0 Å². The van der Waals surface area contributed by atoms with E-state index in [0.29, 0.717) is 48.7 Å². The molecule has 1 spiro atoms. The monoisotopic (exact) mass is 775 g/mol. The zero-order valence-electron chi connectivity index (χ0n) is 32.7. The predicted octanol–water partition coefficient (Wildman–Crippen LogP) is 5.94. The average molecular weight is 776 g/mol. The quantitative estimate of drug-likeness (QED) is 0.131. The van der Waals surface area contributed by atoms with Crippen LogP contribution in [0.15, 0.2) is 97.2 Å². The Hall–Kier alpha value is -5.50. The van der Waals surface area contributed by atoms with Crippen molar-refractivity contribution in [2.75, 3.05) is 38.2 Å². The number of aryl methyl sites for hydroxylation is 1. The first-order valence-corrected chi connectivity index (χ1v) is 22.0. The maximum atomic E-state index is 15.2. The van der Waals surface area contributed by atoms with Gasteiger partial charge in [-0.05, 0) is 84.3 Å². The number of hydrogen-bond acceptors (Lipinski definition) is 9. The fraction of sp³-hybridized carbons (Fsp3) is 0.349. The van der Waals surface area contributed by atoms with Crippen molar-refractivity contribution < 1.29 is 33.6 Å². The summed E-state index contributed by atoms with van der Waals surface area (Å²) >= 11 is 0. The number of benzene rings is 4. The molecular weight excluding hydrogens is 727 g/mol. The molecule has 4 aromatic carbocycles. The molecule has 0 radical (unpaired) electrons. The molecule has 292 valence electrons. The van der Waals surface area contributed by atoms with Crippen molar-refractivity contribution in [1.82, 2.24) is 15.0 Å². The van der Waals surface area contributed by atoms with Crippen LogP contribution in [0.1, 0.15) is 40.5 Å². The zero-order valence-corrected chi connectivity index (χ0v) is 33.7. The number of nitrogens with zero attached hydrogens (tertiary/aromatic N) is 4. The lowest BCUT2D eigenvalue weighted by molar-refractivity contribution is -0.146. The predicted molar refractivity (Wildman–Crippen MR) is 217 cm³/mol. The highest BCUT2D eigenvalue weighted by Gasteiger charge is 2.66. The van der Waals surface area contributed by atoms with E-state index in [9.17, 15) is 9.90 Å². The minimum atomic E-state index is -2.37. The van der Waals surface area contributed by atoms with Crippen molar-refractivity contribution in [2.24, 2.45) is 5.92 Å². The third kappa shape index (κ3) is 7.17. The number of rotatable bonds is 14. The highest BCUT2D eigenvalue weighted by atomic mass is 28.3. The van der Waals surface area contributed by atoms with Gasteiger partial charge >= 0.3 is 0 Å². The largest absolute Gasteiger partial charge is 0.497 e. The smallest absolute Gasteiger partial charge is 0.264 e. The number of carbonyl (C=O) groups is 2. The summed E-state index contributed by atoms with van der Waals surface area (Å²) in [6.45, 7) is 7.74. The molecule has 2 aliphatic rings. The van der Waals surface area contributed by atoms with E-state index in [1.165, 1.54) is 5.19 Å². The molecule has 13 heteroatoms. The standard InChI is InChI=1S/C43H49N5O7Si/c1-28-40(56(5,6)36-18-15-34(53-3)16-19-36)39(21-23-47-27-32(22-24-49)45-46-47)55-43(28)37-25-35(54-4)17-20-38(37)48(42(43)51)26-29-7-11-31(12-8-29)44-41(50)30-9-13-33(52-2)14-10-30/h7-20,25,27-28,39-40,49H,21-24,26H2,1-6H3,(H,44,50)/t28-,39+,40-,43+/m1/s1. The number of anilines is 2. The fourth-order valence-corrected chi connectivity index (χ4v) is 12.7. The summed E-state index contributed by atoms with van der Waals surface area (Å²) < 4.78 is 25.5. The lowest BCUT2D eigenvalue weighted by Gasteiger charge is -2.37. The molecule has 56 heavy (non-hydrogen) atoms. The number of ether oxygens (including phenoxy) is 4. The van der Waals surface area contributed by atoms with Gasteiger partial charge in [0.05, 0.1) is 53.4 Å². The van der Waals surface area contributed by atoms with Crippen LogP contribution in [0.2, 0.25) is 18.6 Å². The molecule has 2 amide bonds. The minimum absolute atomic E-state index is 0.000959. The number of nitrogens with one attached hydrogen (secondary N) is 1. The second kappa shape index (κ2) is 15.9. The van der Waals surface area contributed by atoms with Gasteiger partial charge < -0.3 is 34.3 Å². The van der Waals surface area contributed by atoms with Crippen LogP contribution in [-0.4, -0.2) is 74.0 Å². The number of amides is 2. The van der Waals surface area contributed by atoms with Crippen molar-refractivity contribution in [3.05, 3.63) is 120 Å². The van der Waals surface area contributed by atoms with Gasteiger partial charge in [-0.2, -0.15) is 0 Å². The molecule has 7 rings (SSSR count). The van der Waals surface area contributed by atoms with Crippen LogP contribution in [0, 0.1) is 5.92 Å². The van der Waals surface area contributed by atoms with Gasteiger partial charge in [-0.1, -0.05) is 54.7 Å². The Bertz CT molecular complexity index is 2170. The number of hydrogen-bond donors (Lipinski definition) is 2. The molecule has 1 saturated heterocycles. The SMILES string of the molecule is COc1ccc(C(=O)Nc2ccc(CN3C(=O)[C@@]4(O[C@@H](CCn5cc(CCO)nn5)[C@H]([Si](C)(C)c5ccc(OC)cc5)[C@H]4C)c4cc(OC)ccc43)cc2)cc1. The first kappa shape index (κ1) is 38.8. The van der Waals surface area contributed by atoms with Crippen molar-refractivity contribution in [3.63, 3.8) is 0 Å². The van der Waals surface area contributed by atoms with E-state index in [0.717, 1.165) is 28.3 Å². The normalized spacial score (nSPS) is 20.3. The second-order valence-electron chi connectivity index (χ2n) is 15.0. The maximum absolute atomic E-state index is 15.2. The number of fused-ring (bicyclic) bond motifs is 2. The Morgan fingerprint density at radius 1 is 0.911 bits per heavy atom. The molecule has 4 atom stereocenters. The Kier molecular flexibility index (Phi) is 11.0. The molecule has 1 aromatic heterocycles. The Balaban J connectivity index is 1.20. The van der Waals surface area contributed by atoms with Crippen molar-refractivity contribution in [1.29, 1.82) is 0 Å². The Morgan fingerprint density at radius 3 is 2.20 bits per heavy atom. The molecule has 0 aliphatic carbocycles. The summed E-state index contributed by atoms with van der Waals surface area (Å²) in [7, 11) is 2.51. The van der Waals surface area contributed by atoms with Gasteiger partial charge in [-0.15, -0.1) is 5.10 Å². The van der Waals surface area contributed by atoms with E-state index in [1.54, 1.807) is 50.3 Å². The van der Waals surface area contributed by atoms with Crippen molar-refractivity contribution in [3.8, 4) is 17.2 Å². The lowest BCUT2D eigenvalue weighted by Crippen LogP contribution is -2.51. The summed E-state index contributed by atoms with van der Waals surface area (Å²) in [5.74, 6) is 1.58.